The Morgan fingerprint density at radius 1 is 1.53 bits per heavy atom. The summed E-state index contributed by atoms with van der Waals surface area (Å²) in [6.45, 7) is 0.186. The zero-order valence-electron chi connectivity index (χ0n) is 8.68. The van der Waals surface area contributed by atoms with Crippen LogP contribution in [0, 0.1) is 11.8 Å². The lowest BCUT2D eigenvalue weighted by Crippen LogP contribution is -2.10. The van der Waals surface area contributed by atoms with Crippen LogP contribution in [0.2, 0.25) is 0 Å². The van der Waals surface area contributed by atoms with E-state index in [9.17, 15) is 0 Å². The van der Waals surface area contributed by atoms with Crippen LogP contribution >= 0.6 is 0 Å². The number of nitrogens with zero attached hydrogens (tertiary/aromatic N) is 5. The second kappa shape index (κ2) is 5.53. The van der Waals surface area contributed by atoms with Crippen LogP contribution in [0.25, 0.3) is 10.4 Å². The van der Waals surface area contributed by atoms with Gasteiger partial charge in [0.1, 0.15) is 5.82 Å². The van der Waals surface area contributed by atoms with Crippen molar-refractivity contribution in [2.24, 2.45) is 5.11 Å². The molecule has 0 radical (unpaired) electrons. The molecule has 0 atom stereocenters. The summed E-state index contributed by atoms with van der Waals surface area (Å²) in [4.78, 5) is 8.72. The molecule has 0 unspecified atom stereocenters. The van der Waals surface area contributed by atoms with Crippen LogP contribution in [0.15, 0.2) is 23.4 Å². The zero-order chi connectivity index (χ0) is 11.1. The maximum Gasteiger partial charge on any atom is 0.128 e. The van der Waals surface area contributed by atoms with Crippen LogP contribution in [0.5, 0.6) is 0 Å². The van der Waals surface area contributed by atoms with Gasteiger partial charge in [0.15, 0.2) is 0 Å². The van der Waals surface area contributed by atoms with Crippen LogP contribution in [-0.2, 0) is 0 Å². The molecule has 0 N–H and O–H groups in total. The van der Waals surface area contributed by atoms with Crippen molar-refractivity contribution in [3.63, 3.8) is 0 Å². The summed E-state index contributed by atoms with van der Waals surface area (Å²) in [5.41, 5.74) is 8.85. The molecule has 76 valence electrons. The number of pyridine rings is 1. The minimum absolute atomic E-state index is 0.186. The van der Waals surface area contributed by atoms with Crippen molar-refractivity contribution >= 4 is 5.82 Å². The van der Waals surface area contributed by atoms with Crippen molar-refractivity contribution in [3.8, 4) is 11.8 Å². The van der Waals surface area contributed by atoms with Gasteiger partial charge in [-0.1, -0.05) is 17.0 Å². The molecule has 1 rings (SSSR count). The second-order valence-corrected chi connectivity index (χ2v) is 2.99. The third-order valence-electron chi connectivity index (χ3n) is 1.65. The molecule has 1 aromatic rings. The normalized spacial score (nSPS) is 8.40. The van der Waals surface area contributed by atoms with Gasteiger partial charge in [-0.25, -0.2) is 4.98 Å². The Morgan fingerprint density at radius 3 is 2.87 bits per heavy atom. The monoisotopic (exact) mass is 201 g/mol. The molecule has 0 aliphatic carbocycles. The number of azide groups is 1. The number of anilines is 1. The molecular weight excluding hydrogens is 190 g/mol. The van der Waals surface area contributed by atoms with E-state index in [2.05, 4.69) is 26.9 Å². The third kappa shape index (κ3) is 3.59. The number of hydrogen-bond donors (Lipinski definition) is 0. The zero-order valence-corrected chi connectivity index (χ0v) is 8.68. The van der Waals surface area contributed by atoms with Gasteiger partial charge < -0.3 is 4.90 Å². The standard InChI is InChI=1S/C10H11N5/c1-15(2)10-6-5-9(8-12-10)4-3-7-13-14-11/h5-6,8H,7H2,1-2H3. The SMILES string of the molecule is CN(C)c1ccc(C#CCN=[N+]=[N-])cn1. The molecule has 1 aromatic heterocycles. The summed E-state index contributed by atoms with van der Waals surface area (Å²) < 4.78 is 0. The molecule has 1 heterocycles. The van der Waals surface area contributed by atoms with Crippen molar-refractivity contribution < 1.29 is 0 Å². The average Bonchev–Trinajstić information content (AvgIpc) is 2.25. The number of aromatic nitrogens is 1. The van der Waals surface area contributed by atoms with Crippen LogP contribution in [-0.4, -0.2) is 25.6 Å². The van der Waals surface area contributed by atoms with E-state index in [-0.39, 0.29) is 6.54 Å². The van der Waals surface area contributed by atoms with E-state index in [1.54, 1.807) is 6.20 Å². The van der Waals surface area contributed by atoms with Crippen LogP contribution in [0.1, 0.15) is 5.56 Å². The van der Waals surface area contributed by atoms with Gasteiger partial charge >= 0.3 is 0 Å². The maximum atomic E-state index is 8.03. The smallest absolute Gasteiger partial charge is 0.128 e. The molecule has 0 fully saturated rings. The molecule has 5 heteroatoms. The minimum Gasteiger partial charge on any atom is -0.363 e. The van der Waals surface area contributed by atoms with E-state index < -0.39 is 0 Å². The third-order valence-corrected chi connectivity index (χ3v) is 1.65. The summed E-state index contributed by atoms with van der Waals surface area (Å²) in [7, 11) is 3.85. The first-order valence-corrected chi connectivity index (χ1v) is 4.37. The first kappa shape index (κ1) is 10.9. The van der Waals surface area contributed by atoms with Gasteiger partial charge in [-0.3, -0.25) is 0 Å². The summed E-state index contributed by atoms with van der Waals surface area (Å²) >= 11 is 0. The molecule has 0 saturated carbocycles. The van der Waals surface area contributed by atoms with Crippen molar-refractivity contribution in [2.45, 2.75) is 0 Å². The Kier molecular flexibility index (Phi) is 4.02. The number of hydrogen-bond acceptors (Lipinski definition) is 3. The highest BCUT2D eigenvalue weighted by atomic mass is 15.1. The van der Waals surface area contributed by atoms with Gasteiger partial charge in [0.25, 0.3) is 0 Å². The summed E-state index contributed by atoms with van der Waals surface area (Å²) in [5.74, 6) is 6.46. The highest BCUT2D eigenvalue weighted by Gasteiger charge is 1.94. The molecule has 0 bridgehead atoms. The van der Waals surface area contributed by atoms with Gasteiger partial charge in [0.05, 0.1) is 6.54 Å². The lowest BCUT2D eigenvalue weighted by Gasteiger charge is -2.09. The topological polar surface area (TPSA) is 64.9 Å². The van der Waals surface area contributed by atoms with Crippen LogP contribution in [0.3, 0.4) is 0 Å². The molecule has 0 saturated heterocycles. The minimum atomic E-state index is 0.186. The molecule has 0 aliphatic rings. The van der Waals surface area contributed by atoms with Crippen LogP contribution < -0.4 is 4.90 Å². The summed E-state index contributed by atoms with van der Waals surface area (Å²) in [6.07, 6.45) is 1.69. The van der Waals surface area contributed by atoms with E-state index in [4.69, 9.17) is 5.53 Å². The van der Waals surface area contributed by atoms with Gasteiger partial charge in [0, 0.05) is 30.8 Å². The fourth-order valence-electron chi connectivity index (χ4n) is 0.933. The van der Waals surface area contributed by atoms with Gasteiger partial charge in [-0.2, -0.15) is 0 Å². The molecule has 0 aliphatic heterocycles. The second-order valence-electron chi connectivity index (χ2n) is 2.99. The lowest BCUT2D eigenvalue weighted by molar-refractivity contribution is 1.07. The van der Waals surface area contributed by atoms with Crippen molar-refractivity contribution in [1.29, 1.82) is 0 Å². The molecule has 0 amide bonds. The Bertz CT molecular complexity index is 417. The first-order chi connectivity index (χ1) is 7.24. The summed E-state index contributed by atoms with van der Waals surface area (Å²) in [5, 5.41) is 3.31. The Hall–Kier alpha value is -2.18. The van der Waals surface area contributed by atoms with Crippen molar-refractivity contribution in [2.75, 3.05) is 25.5 Å². The van der Waals surface area contributed by atoms with Crippen molar-refractivity contribution in [3.05, 3.63) is 34.3 Å². The predicted octanol–water partition coefficient (Wildman–Crippen LogP) is 1.81. The maximum absolute atomic E-state index is 8.03. The predicted molar refractivity (Wildman–Crippen MR) is 59.5 cm³/mol. The van der Waals surface area contributed by atoms with Crippen LogP contribution in [0.4, 0.5) is 5.82 Å². The molecular formula is C10H11N5. The van der Waals surface area contributed by atoms with E-state index in [1.807, 2.05) is 31.1 Å². The quantitative estimate of drug-likeness (QED) is 0.317. The van der Waals surface area contributed by atoms with E-state index >= 15 is 0 Å². The highest BCUT2D eigenvalue weighted by Crippen LogP contribution is 2.06. The van der Waals surface area contributed by atoms with Gasteiger partial charge in [-0.15, -0.1) is 0 Å². The molecule has 15 heavy (non-hydrogen) atoms. The summed E-state index contributed by atoms with van der Waals surface area (Å²) in [6, 6.07) is 3.77. The lowest BCUT2D eigenvalue weighted by atomic mass is 10.3. The first-order valence-electron chi connectivity index (χ1n) is 4.37. The van der Waals surface area contributed by atoms with Gasteiger partial charge in [-0.05, 0) is 17.7 Å². The Labute approximate surface area is 88.4 Å². The molecule has 0 aromatic carbocycles. The van der Waals surface area contributed by atoms with Gasteiger partial charge in [0.2, 0.25) is 0 Å². The fraction of sp³-hybridized carbons (Fsp3) is 0.300. The highest BCUT2D eigenvalue weighted by molar-refractivity contribution is 5.42. The molecule has 5 nitrogen and oxygen atoms in total. The Balaban J connectivity index is 2.70. The van der Waals surface area contributed by atoms with E-state index in [0.29, 0.717) is 0 Å². The largest absolute Gasteiger partial charge is 0.363 e. The van der Waals surface area contributed by atoms with E-state index in [0.717, 1.165) is 11.4 Å². The fourth-order valence-corrected chi connectivity index (χ4v) is 0.933. The molecule has 0 spiro atoms. The average molecular weight is 201 g/mol. The van der Waals surface area contributed by atoms with Crippen molar-refractivity contribution in [1.82, 2.24) is 4.98 Å². The Morgan fingerprint density at radius 2 is 2.33 bits per heavy atom. The van der Waals surface area contributed by atoms with E-state index in [1.165, 1.54) is 0 Å². The number of rotatable bonds is 2.